The molecule has 0 saturated heterocycles. The lowest BCUT2D eigenvalue weighted by Gasteiger charge is -2.08. The van der Waals surface area contributed by atoms with E-state index >= 15 is 0 Å². The van der Waals surface area contributed by atoms with Crippen LogP contribution in [0.3, 0.4) is 0 Å². The average molecular weight is 276 g/mol. The van der Waals surface area contributed by atoms with Crippen molar-refractivity contribution in [3.8, 4) is 16.9 Å². The Morgan fingerprint density at radius 1 is 0.950 bits per heavy atom. The van der Waals surface area contributed by atoms with Crippen LogP contribution in [0.1, 0.15) is 19.9 Å². The molecule has 106 valence electrons. The molecule has 0 aliphatic rings. The van der Waals surface area contributed by atoms with Crippen molar-refractivity contribution in [2.24, 2.45) is 0 Å². The highest BCUT2D eigenvalue weighted by Gasteiger charge is 2.14. The first kappa shape index (κ1) is 15.9. The van der Waals surface area contributed by atoms with Gasteiger partial charge < -0.3 is 4.74 Å². The summed E-state index contributed by atoms with van der Waals surface area (Å²) in [7, 11) is 1.31. The summed E-state index contributed by atoms with van der Waals surface area (Å²) in [6.07, 6.45) is 3.86. The van der Waals surface area contributed by atoms with Gasteiger partial charge >= 0.3 is 0 Å². The lowest BCUT2D eigenvalue weighted by Crippen LogP contribution is -1.94. The molecular weight excluding hydrogens is 258 g/mol. The molecule has 0 aliphatic carbocycles. The Morgan fingerprint density at radius 3 is 2.15 bits per heavy atom. The van der Waals surface area contributed by atoms with Crippen molar-refractivity contribution in [1.29, 1.82) is 0 Å². The zero-order valence-electron chi connectivity index (χ0n) is 10.8. The van der Waals surface area contributed by atoms with Crippen LogP contribution in [0.5, 0.6) is 5.75 Å². The summed E-state index contributed by atoms with van der Waals surface area (Å²) in [4.78, 5) is 0. The fraction of sp³-hybridized carbons (Fsp3) is 0.176. The van der Waals surface area contributed by atoms with Gasteiger partial charge in [-0.3, -0.25) is 0 Å². The van der Waals surface area contributed by atoms with Gasteiger partial charge in [0.15, 0.2) is 11.6 Å². The smallest absolute Gasteiger partial charge is 0.201 e. The molecule has 0 N–H and O–H groups in total. The van der Waals surface area contributed by atoms with Crippen molar-refractivity contribution in [3.05, 3.63) is 59.7 Å². The summed E-state index contributed by atoms with van der Waals surface area (Å²) in [5.41, 5.74) is 1.87. The molecule has 2 aromatic carbocycles. The van der Waals surface area contributed by atoms with Crippen LogP contribution in [0.4, 0.5) is 8.78 Å². The van der Waals surface area contributed by atoms with Gasteiger partial charge in [0.2, 0.25) is 5.82 Å². The number of allylic oxidation sites excluding steroid dienone is 1. The molecule has 0 amide bonds. The van der Waals surface area contributed by atoms with Gasteiger partial charge in [-0.15, -0.1) is 0 Å². The number of benzene rings is 2. The SMILES string of the molecule is C.CC=Cc1ccc(-c2ccc(OC)c(F)c2F)cc1. The third-order valence-corrected chi connectivity index (χ3v) is 2.85. The van der Waals surface area contributed by atoms with Crippen LogP contribution in [0.15, 0.2) is 42.5 Å². The van der Waals surface area contributed by atoms with Gasteiger partial charge in [-0.2, -0.15) is 4.39 Å². The quantitative estimate of drug-likeness (QED) is 0.738. The Labute approximate surface area is 118 Å². The van der Waals surface area contributed by atoms with Crippen LogP contribution in [0, 0.1) is 11.6 Å². The molecule has 2 rings (SSSR count). The van der Waals surface area contributed by atoms with Crippen molar-refractivity contribution in [2.45, 2.75) is 14.4 Å². The molecule has 3 heteroatoms. The first-order chi connectivity index (χ1) is 9.17. The topological polar surface area (TPSA) is 9.23 Å². The summed E-state index contributed by atoms with van der Waals surface area (Å²) >= 11 is 0. The summed E-state index contributed by atoms with van der Waals surface area (Å²) in [6, 6.07) is 10.2. The third-order valence-electron chi connectivity index (χ3n) is 2.85. The van der Waals surface area contributed by atoms with Crippen molar-refractivity contribution >= 4 is 6.08 Å². The van der Waals surface area contributed by atoms with E-state index in [0.717, 1.165) is 5.56 Å². The zero-order valence-corrected chi connectivity index (χ0v) is 10.8. The first-order valence-electron chi connectivity index (χ1n) is 5.92. The number of hydrogen-bond donors (Lipinski definition) is 0. The molecule has 0 atom stereocenters. The van der Waals surface area contributed by atoms with Gasteiger partial charge in [0, 0.05) is 5.56 Å². The molecule has 0 aliphatic heterocycles. The van der Waals surface area contributed by atoms with Gasteiger partial charge in [-0.25, -0.2) is 4.39 Å². The van der Waals surface area contributed by atoms with Crippen molar-refractivity contribution < 1.29 is 13.5 Å². The van der Waals surface area contributed by atoms with Gasteiger partial charge in [0.1, 0.15) is 0 Å². The number of rotatable bonds is 3. The molecule has 0 bridgehead atoms. The van der Waals surface area contributed by atoms with Crippen molar-refractivity contribution in [2.75, 3.05) is 7.11 Å². The molecule has 2 aromatic rings. The number of methoxy groups -OCH3 is 1. The number of ether oxygens (including phenoxy) is 1. The molecule has 0 heterocycles. The van der Waals surface area contributed by atoms with Crippen LogP contribution in [0.2, 0.25) is 0 Å². The third kappa shape index (κ3) is 3.05. The standard InChI is InChI=1S/C16H14F2O.CH4/c1-3-4-11-5-7-12(8-6-11)13-9-10-14(19-2)16(18)15(13)17;/h3-10H,1-2H3;1H4. The largest absolute Gasteiger partial charge is 0.494 e. The molecule has 0 fully saturated rings. The summed E-state index contributed by atoms with van der Waals surface area (Å²) in [5, 5.41) is 0. The van der Waals surface area contributed by atoms with Crippen LogP contribution in [0.25, 0.3) is 17.2 Å². The van der Waals surface area contributed by atoms with E-state index in [1.165, 1.54) is 19.2 Å². The summed E-state index contributed by atoms with van der Waals surface area (Å²) in [6.45, 7) is 1.92. The fourth-order valence-corrected chi connectivity index (χ4v) is 1.88. The maximum Gasteiger partial charge on any atom is 0.201 e. The van der Waals surface area contributed by atoms with Crippen LogP contribution >= 0.6 is 0 Å². The fourth-order valence-electron chi connectivity index (χ4n) is 1.88. The molecular formula is C17H18F2O. The Balaban J connectivity index is 0.00000200. The molecule has 0 aromatic heterocycles. The summed E-state index contributed by atoms with van der Waals surface area (Å²) in [5.74, 6) is -1.94. The second-order valence-electron chi connectivity index (χ2n) is 4.07. The highest BCUT2D eigenvalue weighted by Crippen LogP contribution is 2.29. The molecule has 0 saturated carbocycles. The zero-order chi connectivity index (χ0) is 13.8. The minimum absolute atomic E-state index is 0. The van der Waals surface area contributed by atoms with E-state index in [1.54, 1.807) is 12.1 Å². The van der Waals surface area contributed by atoms with E-state index in [1.807, 2.05) is 31.2 Å². The van der Waals surface area contributed by atoms with Gasteiger partial charge in [0.05, 0.1) is 7.11 Å². The van der Waals surface area contributed by atoms with Gasteiger partial charge in [-0.05, 0) is 30.2 Å². The normalized spacial score (nSPS) is 10.4. The Kier molecular flexibility index (Phi) is 5.44. The minimum atomic E-state index is -0.961. The van der Waals surface area contributed by atoms with E-state index in [2.05, 4.69) is 0 Å². The maximum absolute atomic E-state index is 13.9. The Hall–Kier alpha value is -2.16. The monoisotopic (exact) mass is 276 g/mol. The lowest BCUT2D eigenvalue weighted by molar-refractivity contribution is 0.372. The van der Waals surface area contributed by atoms with Crippen molar-refractivity contribution in [1.82, 2.24) is 0 Å². The Bertz CT molecular complexity index is 601. The maximum atomic E-state index is 13.9. The van der Waals surface area contributed by atoms with E-state index in [0.29, 0.717) is 5.56 Å². The second kappa shape index (κ2) is 6.85. The predicted molar refractivity (Wildman–Crippen MR) is 79.8 cm³/mol. The van der Waals surface area contributed by atoms with Gasteiger partial charge in [0.25, 0.3) is 0 Å². The highest BCUT2D eigenvalue weighted by molar-refractivity contribution is 5.67. The van der Waals surface area contributed by atoms with Crippen LogP contribution in [-0.4, -0.2) is 7.11 Å². The molecule has 0 radical (unpaired) electrons. The molecule has 0 unspecified atom stereocenters. The van der Waals surface area contributed by atoms with Crippen LogP contribution in [-0.2, 0) is 0 Å². The van der Waals surface area contributed by atoms with E-state index in [4.69, 9.17) is 4.74 Å². The first-order valence-corrected chi connectivity index (χ1v) is 5.92. The predicted octanol–water partition coefficient (Wildman–Crippen LogP) is 5.31. The molecule has 0 spiro atoms. The number of hydrogen-bond acceptors (Lipinski definition) is 1. The highest BCUT2D eigenvalue weighted by atomic mass is 19.2. The molecule has 1 nitrogen and oxygen atoms in total. The van der Waals surface area contributed by atoms with E-state index < -0.39 is 11.6 Å². The average Bonchev–Trinajstić information content (AvgIpc) is 2.43. The second-order valence-corrected chi connectivity index (χ2v) is 4.07. The van der Waals surface area contributed by atoms with E-state index in [-0.39, 0.29) is 18.7 Å². The lowest BCUT2D eigenvalue weighted by atomic mass is 10.0. The van der Waals surface area contributed by atoms with Gasteiger partial charge in [-0.1, -0.05) is 43.8 Å². The minimum Gasteiger partial charge on any atom is -0.494 e. The summed E-state index contributed by atoms with van der Waals surface area (Å²) < 4.78 is 32.3. The molecule has 20 heavy (non-hydrogen) atoms. The Morgan fingerprint density at radius 2 is 1.60 bits per heavy atom. The van der Waals surface area contributed by atoms with Crippen molar-refractivity contribution in [3.63, 3.8) is 0 Å². The van der Waals surface area contributed by atoms with Crippen LogP contribution < -0.4 is 4.74 Å². The number of halogens is 2. The van der Waals surface area contributed by atoms with E-state index in [9.17, 15) is 8.78 Å².